The minimum absolute atomic E-state index is 0.548. The maximum Gasteiger partial charge on any atom is 0.238 e. The highest BCUT2D eigenvalue weighted by atomic mass is 15.2. The van der Waals surface area contributed by atoms with Crippen LogP contribution in [0.1, 0.15) is 0 Å². The number of aromatic nitrogens is 7. The van der Waals surface area contributed by atoms with Crippen LogP contribution in [0.4, 0.5) is 0 Å². The van der Waals surface area contributed by atoms with Crippen LogP contribution in [0.2, 0.25) is 0 Å². The molecule has 19 aromatic rings. The van der Waals surface area contributed by atoms with Gasteiger partial charge < -0.3 is 0 Å². The highest BCUT2D eigenvalue weighted by molar-refractivity contribution is 6.15. The molecule has 0 N–H and O–H groups in total. The molecule has 104 heavy (non-hydrogen) atoms. The lowest BCUT2D eigenvalue weighted by atomic mass is 9.92. The van der Waals surface area contributed by atoms with Crippen molar-refractivity contribution in [3.05, 3.63) is 382 Å². The third kappa shape index (κ3) is 11.4. The molecule has 0 amide bonds. The van der Waals surface area contributed by atoms with Gasteiger partial charge in [0.1, 0.15) is 0 Å². The quantitative estimate of drug-likeness (QED) is 0.108. The topological polar surface area (TPSA) is 74.3 Å². The van der Waals surface area contributed by atoms with Gasteiger partial charge in [-0.05, 0) is 114 Å². The number of benzene rings is 15. The van der Waals surface area contributed by atoms with Crippen molar-refractivity contribution in [3.8, 4) is 146 Å². The molecular weight excluding hydrogens is 1260 g/mol. The molecule has 0 aliphatic heterocycles. The molecule has 0 spiro atoms. The Morgan fingerprint density at radius 1 is 0.163 bits per heavy atom. The Morgan fingerprint density at radius 2 is 0.423 bits per heavy atom. The van der Waals surface area contributed by atoms with E-state index in [2.05, 4.69) is 361 Å². The molecule has 0 unspecified atom stereocenters. The van der Waals surface area contributed by atoms with Gasteiger partial charge in [-0.1, -0.05) is 346 Å². The van der Waals surface area contributed by atoms with E-state index in [4.69, 9.17) is 24.9 Å². The summed E-state index contributed by atoms with van der Waals surface area (Å²) in [7, 11) is 0. The fourth-order valence-electron chi connectivity index (χ4n) is 14.9. The maximum absolute atomic E-state index is 5.49. The highest BCUT2D eigenvalue weighted by Gasteiger charge is 2.24. The maximum atomic E-state index is 5.49. The van der Waals surface area contributed by atoms with E-state index < -0.39 is 0 Å². The Hall–Kier alpha value is -14.0. The Morgan fingerprint density at radius 3 is 0.817 bits per heavy atom. The SMILES string of the molecule is c1ccc(-c2ccc(-c3nc(-c4ccccc4)nc(-n4c5ccccc5c5cccc(-c6ccc(-c7cc(-c8ccccc8)cc(-c8ccc(-c9ccc(-c%10cc(-c%11ccccc%11)nc(-n%11c%12ccccc%12c%12cccc(-c%13ccc(-c%14ccccc%14)cc%13)c%12%11)n%10)cc9)cc8)c7)cc6)c54)n3)cc2)cc1. The van der Waals surface area contributed by atoms with Crippen molar-refractivity contribution in [1.82, 2.24) is 34.1 Å². The van der Waals surface area contributed by atoms with E-state index in [1.165, 1.54) is 11.1 Å². The molecule has 4 heterocycles. The summed E-state index contributed by atoms with van der Waals surface area (Å²) in [4.78, 5) is 26.7. The van der Waals surface area contributed by atoms with Crippen LogP contribution in [-0.2, 0) is 0 Å². The second-order valence-corrected chi connectivity index (χ2v) is 26.3. The molecule has 7 heteroatoms. The van der Waals surface area contributed by atoms with E-state index in [0.717, 1.165) is 155 Å². The molecule has 15 aromatic carbocycles. The molecule has 0 fully saturated rings. The van der Waals surface area contributed by atoms with Crippen LogP contribution < -0.4 is 0 Å². The molecule has 0 atom stereocenters. The summed E-state index contributed by atoms with van der Waals surface area (Å²) in [6.45, 7) is 0. The second kappa shape index (κ2) is 26.3. The van der Waals surface area contributed by atoms with Crippen molar-refractivity contribution in [1.29, 1.82) is 0 Å². The summed E-state index contributed by atoms with van der Waals surface area (Å²) in [6, 6.07) is 136. The molecule has 0 saturated carbocycles. The van der Waals surface area contributed by atoms with Gasteiger partial charge in [0.15, 0.2) is 11.6 Å². The molecule has 486 valence electrons. The number of hydrogen-bond acceptors (Lipinski definition) is 5. The van der Waals surface area contributed by atoms with Crippen molar-refractivity contribution in [3.63, 3.8) is 0 Å². The van der Waals surface area contributed by atoms with Crippen molar-refractivity contribution < 1.29 is 0 Å². The number of hydrogen-bond donors (Lipinski definition) is 0. The molecule has 0 radical (unpaired) electrons. The predicted octanol–water partition coefficient (Wildman–Crippen LogP) is 24.9. The molecule has 0 aliphatic carbocycles. The molecule has 7 nitrogen and oxygen atoms in total. The zero-order valence-electron chi connectivity index (χ0n) is 56.5. The largest absolute Gasteiger partial charge is 0.277 e. The number of rotatable bonds is 14. The van der Waals surface area contributed by atoms with Gasteiger partial charge in [0.2, 0.25) is 11.9 Å². The first-order chi connectivity index (χ1) is 51.5. The smallest absolute Gasteiger partial charge is 0.238 e. The third-order valence-corrected chi connectivity index (χ3v) is 20.1. The minimum Gasteiger partial charge on any atom is -0.277 e. The van der Waals surface area contributed by atoms with Crippen LogP contribution in [-0.4, -0.2) is 34.1 Å². The average molecular weight is 1330 g/mol. The van der Waals surface area contributed by atoms with Gasteiger partial charge in [0, 0.05) is 54.9 Å². The fraction of sp³-hybridized carbons (Fsp3) is 0. The monoisotopic (exact) mass is 1330 g/mol. The first-order valence-electron chi connectivity index (χ1n) is 35.2. The van der Waals surface area contributed by atoms with Gasteiger partial charge in [-0.2, -0.15) is 9.97 Å². The van der Waals surface area contributed by atoms with E-state index in [1.54, 1.807) is 0 Å². The summed E-state index contributed by atoms with van der Waals surface area (Å²) < 4.78 is 4.49. The summed E-state index contributed by atoms with van der Waals surface area (Å²) in [5.41, 5.74) is 27.7. The van der Waals surface area contributed by atoms with Gasteiger partial charge in [0.25, 0.3) is 0 Å². The van der Waals surface area contributed by atoms with Crippen LogP contribution in [0.3, 0.4) is 0 Å². The first kappa shape index (κ1) is 61.1. The van der Waals surface area contributed by atoms with Crippen LogP contribution in [0.15, 0.2) is 382 Å². The van der Waals surface area contributed by atoms with Gasteiger partial charge in [-0.3, -0.25) is 9.13 Å². The molecule has 0 aliphatic rings. The standard InChI is InChI=1S/C97H63N7/c1-6-22-64(23-7-1)67-44-52-73(53-45-67)82-34-20-36-86-84-32-16-18-38-90(84)103(92(82)86)96-98-88(75-28-12-4-13-29-75)63-89(99-96)76-56-48-70(49-57-76)69-40-42-71(43-41-69)80-60-79(66-26-10-3-11-27-66)61-81(62-80)72-46-54-74(55-47-72)83-35-21-37-87-85-33-17-19-39-91(85)104(93(83)87)97-101-94(77-30-14-5-15-31-77)100-95(102-97)78-58-50-68(51-59-78)65-24-8-2-9-25-65/h1-63H. The minimum atomic E-state index is 0.548. The molecule has 4 aromatic heterocycles. The van der Waals surface area contributed by atoms with Gasteiger partial charge >= 0.3 is 0 Å². The number of nitrogens with zero attached hydrogens (tertiary/aromatic N) is 7. The molecule has 0 saturated heterocycles. The van der Waals surface area contributed by atoms with Crippen molar-refractivity contribution in [2.45, 2.75) is 0 Å². The van der Waals surface area contributed by atoms with Gasteiger partial charge in [-0.25, -0.2) is 15.0 Å². The third-order valence-electron chi connectivity index (χ3n) is 20.1. The first-order valence-corrected chi connectivity index (χ1v) is 35.2. The Labute approximate surface area is 602 Å². The fourth-order valence-corrected chi connectivity index (χ4v) is 14.9. The zero-order chi connectivity index (χ0) is 68.9. The second-order valence-electron chi connectivity index (χ2n) is 26.3. The van der Waals surface area contributed by atoms with E-state index >= 15 is 0 Å². The zero-order valence-corrected chi connectivity index (χ0v) is 56.5. The summed E-state index contributed by atoms with van der Waals surface area (Å²) in [6.07, 6.45) is 0. The lowest BCUT2D eigenvalue weighted by molar-refractivity contribution is 0.954. The predicted molar refractivity (Wildman–Crippen MR) is 429 cm³/mol. The van der Waals surface area contributed by atoms with E-state index in [1.807, 2.05) is 30.3 Å². The van der Waals surface area contributed by atoms with Crippen LogP contribution >= 0.6 is 0 Å². The Balaban J connectivity index is 0.653. The van der Waals surface area contributed by atoms with Crippen molar-refractivity contribution in [2.75, 3.05) is 0 Å². The summed E-state index contributed by atoms with van der Waals surface area (Å²) in [5.74, 6) is 2.36. The summed E-state index contributed by atoms with van der Waals surface area (Å²) in [5, 5.41) is 4.52. The summed E-state index contributed by atoms with van der Waals surface area (Å²) >= 11 is 0. The number of para-hydroxylation sites is 4. The van der Waals surface area contributed by atoms with Crippen LogP contribution in [0, 0.1) is 0 Å². The highest BCUT2D eigenvalue weighted by Crippen LogP contribution is 2.43. The van der Waals surface area contributed by atoms with Gasteiger partial charge in [0.05, 0.1) is 33.5 Å². The van der Waals surface area contributed by atoms with E-state index in [-0.39, 0.29) is 0 Å². The van der Waals surface area contributed by atoms with Crippen molar-refractivity contribution in [2.24, 2.45) is 0 Å². The average Bonchev–Trinajstić information content (AvgIpc) is 1.58. The lowest BCUT2D eigenvalue weighted by Crippen LogP contribution is -2.07. The molecule has 0 bridgehead atoms. The van der Waals surface area contributed by atoms with E-state index in [9.17, 15) is 0 Å². The van der Waals surface area contributed by atoms with E-state index in [0.29, 0.717) is 23.5 Å². The van der Waals surface area contributed by atoms with Crippen molar-refractivity contribution >= 4 is 43.6 Å². The lowest BCUT2D eigenvalue weighted by Gasteiger charge is -2.14. The normalized spacial score (nSPS) is 11.5. The molecule has 19 rings (SSSR count). The van der Waals surface area contributed by atoms with Crippen LogP contribution in [0.25, 0.3) is 190 Å². The van der Waals surface area contributed by atoms with Crippen LogP contribution in [0.5, 0.6) is 0 Å². The van der Waals surface area contributed by atoms with Gasteiger partial charge in [-0.15, -0.1) is 0 Å². The number of fused-ring (bicyclic) bond motifs is 6. The Kier molecular flexibility index (Phi) is 15.4. The Bertz CT molecular complexity index is 6380. The molecular formula is C97H63N7.